The lowest BCUT2D eigenvalue weighted by Crippen LogP contribution is -2.17. The first-order valence-electron chi connectivity index (χ1n) is 8.57. The molecule has 0 atom stereocenters. The summed E-state index contributed by atoms with van der Waals surface area (Å²) in [6.45, 7) is 4.78. The van der Waals surface area contributed by atoms with Crippen LogP contribution >= 0.6 is 0 Å². The van der Waals surface area contributed by atoms with Crippen LogP contribution in [0.5, 0.6) is 0 Å². The molecule has 8 heteroatoms. The quantitative estimate of drug-likeness (QED) is 0.668. The minimum atomic E-state index is -1.07. The Morgan fingerprint density at radius 3 is 2.70 bits per heavy atom. The number of hydrogen-bond donors (Lipinski definition) is 2. The van der Waals surface area contributed by atoms with E-state index in [-0.39, 0.29) is 24.6 Å². The minimum absolute atomic E-state index is 0.0566. The van der Waals surface area contributed by atoms with E-state index in [1.54, 1.807) is 0 Å². The summed E-state index contributed by atoms with van der Waals surface area (Å²) in [5.41, 5.74) is 3.32. The summed E-state index contributed by atoms with van der Waals surface area (Å²) in [7, 11) is 0. The normalized spacial score (nSPS) is 10.7. The third-order valence-corrected chi connectivity index (χ3v) is 4.15. The number of aromatic nitrogens is 4. The number of carboxylic acid groups (broad SMARTS) is 1. The number of aryl methyl sites for hydroxylation is 3. The summed E-state index contributed by atoms with van der Waals surface area (Å²) in [5, 5.41) is 20.2. The molecule has 3 rings (SSSR count). The van der Waals surface area contributed by atoms with E-state index in [1.165, 1.54) is 22.5 Å². The first kappa shape index (κ1) is 18.4. The van der Waals surface area contributed by atoms with Crippen LogP contribution in [0.4, 0.5) is 5.82 Å². The number of rotatable bonds is 7. The molecule has 8 nitrogen and oxygen atoms in total. The molecule has 0 bridgehead atoms. The molecule has 0 unspecified atom stereocenters. The van der Waals surface area contributed by atoms with Crippen molar-refractivity contribution in [3.63, 3.8) is 0 Å². The van der Waals surface area contributed by atoms with Gasteiger partial charge in [-0.1, -0.05) is 29.8 Å². The van der Waals surface area contributed by atoms with Crippen LogP contribution in [0.25, 0.3) is 0 Å². The van der Waals surface area contributed by atoms with E-state index in [1.807, 2.05) is 42.8 Å². The van der Waals surface area contributed by atoms with Gasteiger partial charge in [-0.3, -0.25) is 14.2 Å². The molecule has 140 valence electrons. The molecule has 0 spiro atoms. The molecule has 0 saturated carbocycles. The average molecular weight is 367 g/mol. The van der Waals surface area contributed by atoms with Crippen LogP contribution in [-0.2, 0) is 17.9 Å². The van der Waals surface area contributed by atoms with Crippen molar-refractivity contribution in [1.29, 1.82) is 0 Å². The van der Waals surface area contributed by atoms with Gasteiger partial charge in [0.1, 0.15) is 5.69 Å². The standard InChI is InChI=1S/C19H21N5O3/c1-13-4-3-5-15(10-13)12-24-14(2)11-17(22-24)21-18(25)7-9-23-16(19(26)27)6-8-20-23/h3-6,8,10-11H,7,9,12H2,1-2H3,(H,26,27)(H,21,22,25). The van der Waals surface area contributed by atoms with Gasteiger partial charge in [0.25, 0.3) is 0 Å². The van der Waals surface area contributed by atoms with Gasteiger partial charge in [0.2, 0.25) is 5.91 Å². The van der Waals surface area contributed by atoms with Gasteiger partial charge in [-0.25, -0.2) is 4.79 Å². The second-order valence-corrected chi connectivity index (χ2v) is 6.36. The van der Waals surface area contributed by atoms with Gasteiger partial charge < -0.3 is 10.4 Å². The van der Waals surface area contributed by atoms with E-state index in [2.05, 4.69) is 21.6 Å². The summed E-state index contributed by atoms with van der Waals surface area (Å²) in [5.74, 6) is -0.843. The Balaban J connectivity index is 1.60. The van der Waals surface area contributed by atoms with Crippen molar-refractivity contribution in [3.05, 3.63) is 65.1 Å². The molecular weight excluding hydrogens is 346 g/mol. The molecule has 0 radical (unpaired) electrons. The fraction of sp³-hybridized carbons (Fsp3) is 0.263. The molecule has 0 aliphatic carbocycles. The number of carbonyl (C=O) groups excluding carboxylic acids is 1. The maximum absolute atomic E-state index is 12.2. The molecule has 0 saturated heterocycles. The lowest BCUT2D eigenvalue weighted by atomic mass is 10.1. The van der Waals surface area contributed by atoms with Crippen LogP contribution in [0.3, 0.4) is 0 Å². The zero-order valence-electron chi connectivity index (χ0n) is 15.2. The van der Waals surface area contributed by atoms with Gasteiger partial charge in [0.05, 0.1) is 13.1 Å². The van der Waals surface area contributed by atoms with Gasteiger partial charge in [-0.2, -0.15) is 10.2 Å². The molecule has 2 aromatic heterocycles. The minimum Gasteiger partial charge on any atom is -0.477 e. The van der Waals surface area contributed by atoms with E-state index in [4.69, 9.17) is 5.11 Å². The van der Waals surface area contributed by atoms with Crippen molar-refractivity contribution in [2.24, 2.45) is 0 Å². The molecule has 2 N–H and O–H groups in total. The molecule has 0 aliphatic rings. The largest absolute Gasteiger partial charge is 0.477 e. The predicted molar refractivity (Wildman–Crippen MR) is 99.7 cm³/mol. The van der Waals surface area contributed by atoms with Crippen LogP contribution in [0.1, 0.15) is 33.7 Å². The van der Waals surface area contributed by atoms with Crippen LogP contribution in [0.15, 0.2) is 42.6 Å². The maximum atomic E-state index is 12.2. The highest BCUT2D eigenvalue weighted by Gasteiger charge is 2.13. The number of hydrogen-bond acceptors (Lipinski definition) is 4. The van der Waals surface area contributed by atoms with Gasteiger partial charge in [0.15, 0.2) is 5.82 Å². The molecule has 27 heavy (non-hydrogen) atoms. The molecule has 2 heterocycles. The lowest BCUT2D eigenvalue weighted by molar-refractivity contribution is -0.116. The van der Waals surface area contributed by atoms with E-state index in [0.717, 1.165) is 11.3 Å². The van der Waals surface area contributed by atoms with Gasteiger partial charge in [0, 0.05) is 24.4 Å². The van der Waals surface area contributed by atoms with E-state index in [9.17, 15) is 9.59 Å². The number of carbonyl (C=O) groups is 2. The van der Waals surface area contributed by atoms with Crippen molar-refractivity contribution >= 4 is 17.7 Å². The highest BCUT2D eigenvalue weighted by atomic mass is 16.4. The third kappa shape index (κ3) is 4.60. The van der Waals surface area contributed by atoms with Crippen LogP contribution in [0.2, 0.25) is 0 Å². The molecule has 1 aromatic carbocycles. The Morgan fingerprint density at radius 2 is 1.96 bits per heavy atom. The highest BCUT2D eigenvalue weighted by Crippen LogP contribution is 2.13. The molecule has 0 aliphatic heterocycles. The van der Waals surface area contributed by atoms with E-state index in [0.29, 0.717) is 12.4 Å². The number of nitrogens with one attached hydrogen (secondary N) is 1. The number of benzene rings is 1. The van der Waals surface area contributed by atoms with Crippen molar-refractivity contribution in [2.75, 3.05) is 5.32 Å². The summed E-state index contributed by atoms with van der Waals surface area (Å²) in [6, 6.07) is 11.4. The zero-order chi connectivity index (χ0) is 19.4. The highest BCUT2D eigenvalue weighted by molar-refractivity contribution is 5.90. The van der Waals surface area contributed by atoms with Crippen molar-refractivity contribution < 1.29 is 14.7 Å². The summed E-state index contributed by atoms with van der Waals surface area (Å²) in [4.78, 5) is 23.2. The number of carboxylic acids is 1. The molecule has 1 amide bonds. The van der Waals surface area contributed by atoms with Crippen LogP contribution < -0.4 is 5.32 Å². The van der Waals surface area contributed by atoms with E-state index >= 15 is 0 Å². The molecular formula is C19H21N5O3. The van der Waals surface area contributed by atoms with Crippen LogP contribution in [0, 0.1) is 13.8 Å². The SMILES string of the molecule is Cc1cccc(Cn2nc(NC(=O)CCn3nccc3C(=O)O)cc2C)c1. The lowest BCUT2D eigenvalue weighted by Gasteiger charge is -2.06. The van der Waals surface area contributed by atoms with Gasteiger partial charge in [-0.05, 0) is 25.5 Å². The van der Waals surface area contributed by atoms with Gasteiger partial charge >= 0.3 is 5.97 Å². The number of anilines is 1. The Labute approximate surface area is 156 Å². The van der Waals surface area contributed by atoms with Crippen molar-refractivity contribution in [3.8, 4) is 0 Å². The Morgan fingerprint density at radius 1 is 1.15 bits per heavy atom. The van der Waals surface area contributed by atoms with Crippen molar-refractivity contribution in [1.82, 2.24) is 19.6 Å². The zero-order valence-corrected chi connectivity index (χ0v) is 15.2. The monoisotopic (exact) mass is 367 g/mol. The number of nitrogens with zero attached hydrogens (tertiary/aromatic N) is 4. The number of aromatic carboxylic acids is 1. The Kier molecular flexibility index (Phi) is 5.35. The molecule has 0 fully saturated rings. The third-order valence-electron chi connectivity index (χ3n) is 4.15. The fourth-order valence-electron chi connectivity index (χ4n) is 2.82. The average Bonchev–Trinajstić information content (AvgIpc) is 3.20. The summed E-state index contributed by atoms with van der Waals surface area (Å²) in [6.07, 6.45) is 1.50. The second-order valence-electron chi connectivity index (χ2n) is 6.36. The smallest absolute Gasteiger partial charge is 0.354 e. The Hall–Kier alpha value is -3.42. The van der Waals surface area contributed by atoms with E-state index < -0.39 is 5.97 Å². The summed E-state index contributed by atoms with van der Waals surface area (Å²) >= 11 is 0. The van der Waals surface area contributed by atoms with Crippen LogP contribution in [-0.4, -0.2) is 36.5 Å². The maximum Gasteiger partial charge on any atom is 0.354 e. The van der Waals surface area contributed by atoms with Crippen molar-refractivity contribution in [2.45, 2.75) is 33.4 Å². The predicted octanol–water partition coefficient (Wildman–Crippen LogP) is 2.47. The van der Waals surface area contributed by atoms with Gasteiger partial charge in [-0.15, -0.1) is 0 Å². The summed E-state index contributed by atoms with van der Waals surface area (Å²) < 4.78 is 3.13. The Bertz CT molecular complexity index is 973. The number of amides is 1. The first-order chi connectivity index (χ1) is 12.9. The second kappa shape index (κ2) is 7.86. The molecule has 3 aromatic rings. The topological polar surface area (TPSA) is 102 Å². The first-order valence-corrected chi connectivity index (χ1v) is 8.57. The fourth-order valence-corrected chi connectivity index (χ4v) is 2.82.